The van der Waals surface area contributed by atoms with Crippen molar-refractivity contribution in [1.82, 2.24) is 9.97 Å². The second-order valence-corrected chi connectivity index (χ2v) is 6.81. The van der Waals surface area contributed by atoms with Crippen LogP contribution in [0.5, 0.6) is 11.5 Å². The van der Waals surface area contributed by atoms with E-state index in [-0.39, 0.29) is 17.1 Å². The lowest BCUT2D eigenvalue weighted by molar-refractivity contribution is -0.0515. The van der Waals surface area contributed by atoms with Gasteiger partial charge in [-0.1, -0.05) is 24.3 Å². The van der Waals surface area contributed by atoms with Crippen molar-refractivity contribution in [2.24, 2.45) is 0 Å². The zero-order valence-electron chi connectivity index (χ0n) is 15.1. The minimum atomic E-state index is -3.09. The summed E-state index contributed by atoms with van der Waals surface area (Å²) in [5, 5.41) is 5.79. The average molecular weight is 415 g/mol. The van der Waals surface area contributed by atoms with Gasteiger partial charge in [0.15, 0.2) is 16.6 Å². The maximum Gasteiger partial charge on any atom is 0.387 e. The lowest BCUT2D eigenvalue weighted by Gasteiger charge is -2.13. The summed E-state index contributed by atoms with van der Waals surface area (Å²) >= 11 is 1.23. The van der Waals surface area contributed by atoms with Gasteiger partial charge < -0.3 is 14.5 Å². The molecule has 4 rings (SSSR count). The topological polar surface area (TPSA) is 76.2 Å². The van der Waals surface area contributed by atoms with Crippen LogP contribution in [0.4, 0.5) is 13.9 Å². The summed E-state index contributed by atoms with van der Waals surface area (Å²) in [5.41, 5.74) is 2.50. The van der Waals surface area contributed by atoms with Crippen molar-refractivity contribution in [3.63, 3.8) is 0 Å². The van der Waals surface area contributed by atoms with Crippen LogP contribution in [-0.4, -0.2) is 29.6 Å². The van der Waals surface area contributed by atoms with E-state index in [1.54, 1.807) is 0 Å². The Kier molecular flexibility index (Phi) is 5.13. The standard InChI is InChI=1S/C20H15F2N3O3S/c1-27-16-8-4-6-12(17(16)28-19(21)22)18(26)25-20-24-15(10-29-20)13-9-23-14-7-3-2-5-11(13)14/h2-10,19,23H,1H3,(H,24,25,26). The molecule has 9 heteroatoms. The molecule has 0 unspecified atom stereocenters. The number of aromatic nitrogens is 2. The van der Waals surface area contributed by atoms with E-state index in [2.05, 4.69) is 20.0 Å². The molecule has 1 amide bonds. The number of anilines is 1. The lowest BCUT2D eigenvalue weighted by atomic mass is 10.1. The first-order valence-electron chi connectivity index (χ1n) is 8.52. The van der Waals surface area contributed by atoms with Gasteiger partial charge in [0.25, 0.3) is 5.91 Å². The van der Waals surface area contributed by atoms with Gasteiger partial charge in [0, 0.05) is 28.0 Å². The van der Waals surface area contributed by atoms with E-state index in [0.717, 1.165) is 16.5 Å². The summed E-state index contributed by atoms with van der Waals surface area (Å²) in [6.45, 7) is -3.09. The number of thiazole rings is 1. The molecular formula is C20H15F2N3O3S. The zero-order valence-corrected chi connectivity index (χ0v) is 15.9. The highest BCUT2D eigenvalue weighted by molar-refractivity contribution is 7.14. The number of H-pyrrole nitrogens is 1. The molecule has 2 N–H and O–H groups in total. The molecule has 0 bridgehead atoms. The van der Waals surface area contributed by atoms with Gasteiger partial charge in [-0.15, -0.1) is 11.3 Å². The number of carbonyl (C=O) groups excluding carboxylic acids is 1. The Morgan fingerprint density at radius 3 is 2.83 bits per heavy atom. The number of rotatable bonds is 6. The van der Waals surface area contributed by atoms with Crippen LogP contribution < -0.4 is 14.8 Å². The predicted octanol–water partition coefficient (Wildman–Crippen LogP) is 5.15. The van der Waals surface area contributed by atoms with Crippen LogP contribution >= 0.6 is 11.3 Å². The largest absolute Gasteiger partial charge is 0.493 e. The first-order chi connectivity index (χ1) is 14.1. The number of nitrogens with zero attached hydrogens (tertiary/aromatic N) is 1. The second-order valence-electron chi connectivity index (χ2n) is 5.96. The van der Waals surface area contributed by atoms with Crippen molar-refractivity contribution < 1.29 is 23.0 Å². The minimum absolute atomic E-state index is 0.0385. The number of alkyl halides is 2. The number of benzene rings is 2. The van der Waals surface area contributed by atoms with E-state index < -0.39 is 12.5 Å². The molecule has 0 aliphatic carbocycles. The van der Waals surface area contributed by atoms with Crippen LogP contribution in [0.3, 0.4) is 0 Å². The second kappa shape index (κ2) is 7.88. The predicted molar refractivity (Wildman–Crippen MR) is 107 cm³/mol. The van der Waals surface area contributed by atoms with Gasteiger partial charge in [-0.25, -0.2) is 4.98 Å². The molecule has 0 atom stereocenters. The number of carbonyl (C=O) groups is 1. The molecule has 0 spiro atoms. The summed E-state index contributed by atoms with van der Waals surface area (Å²) in [6, 6.07) is 12.1. The van der Waals surface area contributed by atoms with E-state index in [1.165, 1.54) is 36.6 Å². The number of ether oxygens (including phenoxy) is 2. The van der Waals surface area contributed by atoms with Crippen LogP contribution in [0.2, 0.25) is 0 Å². The summed E-state index contributed by atoms with van der Waals surface area (Å²) in [5.74, 6) is -0.910. The first-order valence-corrected chi connectivity index (χ1v) is 9.40. The number of aromatic amines is 1. The molecule has 0 aliphatic rings. The van der Waals surface area contributed by atoms with Crippen LogP contribution in [0.1, 0.15) is 10.4 Å². The fraction of sp³-hybridized carbons (Fsp3) is 0.100. The third-order valence-electron chi connectivity index (χ3n) is 4.24. The number of hydrogen-bond acceptors (Lipinski definition) is 5. The van der Waals surface area contributed by atoms with Gasteiger partial charge in [-0.2, -0.15) is 8.78 Å². The third kappa shape index (κ3) is 3.77. The molecule has 0 saturated heterocycles. The van der Waals surface area contributed by atoms with E-state index >= 15 is 0 Å². The number of hydrogen-bond donors (Lipinski definition) is 2. The van der Waals surface area contributed by atoms with Crippen molar-refractivity contribution in [2.75, 3.05) is 12.4 Å². The highest BCUT2D eigenvalue weighted by atomic mass is 32.1. The highest BCUT2D eigenvalue weighted by Crippen LogP contribution is 2.34. The average Bonchev–Trinajstić information content (AvgIpc) is 3.34. The highest BCUT2D eigenvalue weighted by Gasteiger charge is 2.21. The van der Waals surface area contributed by atoms with Crippen LogP contribution in [0.25, 0.3) is 22.2 Å². The van der Waals surface area contributed by atoms with Crippen molar-refractivity contribution in [3.8, 4) is 22.8 Å². The maximum absolute atomic E-state index is 12.8. The Hall–Kier alpha value is -3.46. The monoisotopic (exact) mass is 415 g/mol. The molecule has 0 aliphatic heterocycles. The van der Waals surface area contributed by atoms with Gasteiger partial charge in [0.2, 0.25) is 0 Å². The van der Waals surface area contributed by atoms with Gasteiger partial charge >= 0.3 is 6.61 Å². The molecule has 2 aromatic carbocycles. The van der Waals surface area contributed by atoms with Crippen LogP contribution in [0, 0.1) is 0 Å². The number of nitrogens with one attached hydrogen (secondary N) is 2. The number of amides is 1. The summed E-state index contributed by atoms with van der Waals surface area (Å²) in [4.78, 5) is 20.3. The van der Waals surface area contributed by atoms with Crippen molar-refractivity contribution in [3.05, 3.63) is 59.6 Å². The summed E-state index contributed by atoms with van der Waals surface area (Å²) in [6.07, 6.45) is 1.85. The van der Waals surface area contributed by atoms with E-state index in [9.17, 15) is 13.6 Å². The molecule has 2 heterocycles. The first kappa shape index (κ1) is 18.9. The molecule has 29 heavy (non-hydrogen) atoms. The van der Waals surface area contributed by atoms with Crippen LogP contribution in [0.15, 0.2) is 54.0 Å². The van der Waals surface area contributed by atoms with Gasteiger partial charge in [-0.3, -0.25) is 10.1 Å². The molecule has 2 aromatic heterocycles. The van der Waals surface area contributed by atoms with Gasteiger partial charge in [0.1, 0.15) is 0 Å². The third-order valence-corrected chi connectivity index (χ3v) is 5.00. The Bertz CT molecular complexity index is 1170. The number of halogens is 2. The smallest absolute Gasteiger partial charge is 0.387 e. The number of methoxy groups -OCH3 is 1. The SMILES string of the molecule is COc1cccc(C(=O)Nc2nc(-c3c[nH]c4ccccc34)cs2)c1OC(F)F. The molecule has 0 saturated carbocycles. The lowest BCUT2D eigenvalue weighted by Crippen LogP contribution is -2.15. The zero-order chi connectivity index (χ0) is 20.4. The molecule has 0 radical (unpaired) electrons. The fourth-order valence-electron chi connectivity index (χ4n) is 2.97. The minimum Gasteiger partial charge on any atom is -0.493 e. The van der Waals surface area contributed by atoms with Crippen molar-refractivity contribution in [2.45, 2.75) is 6.61 Å². The maximum atomic E-state index is 12.8. The molecule has 4 aromatic rings. The number of para-hydroxylation sites is 2. The van der Waals surface area contributed by atoms with Crippen LogP contribution in [-0.2, 0) is 0 Å². The van der Waals surface area contributed by atoms with Gasteiger partial charge in [-0.05, 0) is 18.2 Å². The summed E-state index contributed by atoms with van der Waals surface area (Å²) in [7, 11) is 1.31. The Morgan fingerprint density at radius 1 is 1.21 bits per heavy atom. The van der Waals surface area contributed by atoms with Crippen molar-refractivity contribution in [1.29, 1.82) is 0 Å². The Balaban J connectivity index is 1.60. The molecular weight excluding hydrogens is 400 g/mol. The summed E-state index contributed by atoms with van der Waals surface area (Å²) < 4.78 is 35.1. The number of fused-ring (bicyclic) bond motifs is 1. The Morgan fingerprint density at radius 2 is 2.03 bits per heavy atom. The molecule has 6 nitrogen and oxygen atoms in total. The van der Waals surface area contributed by atoms with Crippen molar-refractivity contribution >= 4 is 33.3 Å². The van der Waals surface area contributed by atoms with E-state index in [0.29, 0.717) is 10.8 Å². The van der Waals surface area contributed by atoms with Gasteiger partial charge in [0.05, 0.1) is 18.4 Å². The normalized spacial score (nSPS) is 11.0. The molecule has 148 valence electrons. The fourth-order valence-corrected chi connectivity index (χ4v) is 3.67. The Labute approximate surface area is 168 Å². The van der Waals surface area contributed by atoms with E-state index in [4.69, 9.17) is 4.74 Å². The quantitative estimate of drug-likeness (QED) is 0.456. The van der Waals surface area contributed by atoms with E-state index in [1.807, 2.05) is 35.8 Å². The molecule has 0 fully saturated rings.